The molecular weight excluding hydrogens is 350 g/mol. The molecule has 0 saturated carbocycles. The Balaban J connectivity index is 2.25. The molecule has 1 aromatic carbocycles. The molecule has 1 unspecified atom stereocenters. The van der Waals surface area contributed by atoms with Gasteiger partial charge in [0, 0.05) is 39.1 Å². The summed E-state index contributed by atoms with van der Waals surface area (Å²) in [4.78, 5) is 14.3. The highest BCUT2D eigenvalue weighted by Crippen LogP contribution is 2.26. The number of nitrogens with zero attached hydrogens (tertiary/aromatic N) is 1. The molecule has 19 heavy (non-hydrogen) atoms. The van der Waals surface area contributed by atoms with E-state index < -0.39 is 10.8 Å². The molecule has 1 aliphatic rings. The lowest BCUT2D eigenvalue weighted by atomic mass is 10.1. The quantitative estimate of drug-likeness (QED) is 0.768. The summed E-state index contributed by atoms with van der Waals surface area (Å²) in [6, 6.07) is 5.16. The molecule has 104 valence electrons. The van der Waals surface area contributed by atoms with Crippen LogP contribution in [0.2, 0.25) is 5.02 Å². The van der Waals surface area contributed by atoms with E-state index in [-0.39, 0.29) is 10.7 Å². The first-order chi connectivity index (χ1) is 8.81. The van der Waals surface area contributed by atoms with E-state index in [1.54, 1.807) is 23.1 Å². The van der Waals surface area contributed by atoms with E-state index in [4.69, 9.17) is 11.6 Å². The summed E-state index contributed by atoms with van der Waals surface area (Å²) in [5.41, 5.74) is 0.552. The second kappa shape index (κ2) is 5.54. The highest BCUT2D eigenvalue weighted by molar-refractivity contribution is 9.10. The van der Waals surface area contributed by atoms with Crippen molar-refractivity contribution in [1.82, 2.24) is 4.90 Å². The Morgan fingerprint density at radius 3 is 2.79 bits per heavy atom. The molecule has 1 atom stereocenters. The fourth-order valence-corrected chi connectivity index (χ4v) is 3.91. The van der Waals surface area contributed by atoms with Gasteiger partial charge in [-0.15, -0.1) is 0 Å². The first-order valence-electron chi connectivity index (χ1n) is 5.94. The zero-order chi connectivity index (χ0) is 14.2. The van der Waals surface area contributed by atoms with Crippen LogP contribution in [-0.2, 0) is 10.8 Å². The summed E-state index contributed by atoms with van der Waals surface area (Å²) < 4.78 is 12.3. The van der Waals surface area contributed by atoms with Crippen molar-refractivity contribution in [3.8, 4) is 0 Å². The van der Waals surface area contributed by atoms with Gasteiger partial charge in [0.2, 0.25) is 0 Å². The highest BCUT2D eigenvalue weighted by Gasteiger charge is 2.35. The molecule has 0 aliphatic carbocycles. The minimum absolute atomic E-state index is 0.0702. The summed E-state index contributed by atoms with van der Waals surface area (Å²) in [6.45, 7) is 4.87. The SMILES string of the molecule is CC1(C)CN(C(=O)c2cc(Cl)ccc2Br)CCS1=O. The van der Waals surface area contributed by atoms with Gasteiger partial charge in [0.25, 0.3) is 5.91 Å². The number of carbonyl (C=O) groups is 1. The first kappa shape index (κ1) is 15.0. The predicted molar refractivity (Wildman–Crippen MR) is 82.1 cm³/mol. The minimum Gasteiger partial charge on any atom is -0.336 e. The molecule has 1 heterocycles. The Labute approximate surface area is 128 Å². The van der Waals surface area contributed by atoms with Crippen molar-refractivity contribution < 1.29 is 9.00 Å². The van der Waals surface area contributed by atoms with E-state index in [2.05, 4.69) is 15.9 Å². The van der Waals surface area contributed by atoms with Crippen LogP contribution in [0, 0.1) is 0 Å². The zero-order valence-corrected chi connectivity index (χ0v) is 13.9. The molecule has 1 amide bonds. The van der Waals surface area contributed by atoms with Crippen molar-refractivity contribution in [2.75, 3.05) is 18.8 Å². The third kappa shape index (κ3) is 3.20. The zero-order valence-electron chi connectivity index (χ0n) is 10.8. The second-order valence-electron chi connectivity index (χ2n) is 5.16. The van der Waals surface area contributed by atoms with Crippen LogP contribution in [0.25, 0.3) is 0 Å². The van der Waals surface area contributed by atoms with E-state index in [9.17, 15) is 9.00 Å². The Morgan fingerprint density at radius 1 is 1.47 bits per heavy atom. The van der Waals surface area contributed by atoms with Gasteiger partial charge in [0.1, 0.15) is 0 Å². The van der Waals surface area contributed by atoms with E-state index in [1.165, 1.54) is 0 Å². The lowest BCUT2D eigenvalue weighted by molar-refractivity contribution is 0.0745. The van der Waals surface area contributed by atoms with Crippen molar-refractivity contribution >= 4 is 44.2 Å². The number of halogens is 2. The van der Waals surface area contributed by atoms with Crippen LogP contribution in [0.1, 0.15) is 24.2 Å². The van der Waals surface area contributed by atoms with E-state index in [1.807, 2.05) is 13.8 Å². The van der Waals surface area contributed by atoms with Crippen molar-refractivity contribution in [1.29, 1.82) is 0 Å². The molecule has 1 aliphatic heterocycles. The molecule has 0 radical (unpaired) electrons. The predicted octanol–water partition coefficient (Wildman–Crippen LogP) is 3.09. The molecule has 0 aromatic heterocycles. The molecule has 3 nitrogen and oxygen atoms in total. The topological polar surface area (TPSA) is 37.4 Å². The fraction of sp³-hybridized carbons (Fsp3) is 0.462. The number of hydrogen-bond donors (Lipinski definition) is 0. The third-order valence-corrected chi connectivity index (χ3v) is 6.02. The van der Waals surface area contributed by atoms with Gasteiger partial charge in [-0.05, 0) is 48.0 Å². The van der Waals surface area contributed by atoms with Crippen molar-refractivity contribution in [2.24, 2.45) is 0 Å². The Bertz CT molecular complexity index is 547. The van der Waals surface area contributed by atoms with Crippen LogP contribution >= 0.6 is 27.5 Å². The van der Waals surface area contributed by atoms with Crippen LogP contribution < -0.4 is 0 Å². The Kier molecular flexibility index (Phi) is 4.38. The average molecular weight is 365 g/mol. The van der Waals surface area contributed by atoms with Crippen molar-refractivity contribution in [2.45, 2.75) is 18.6 Å². The molecule has 0 bridgehead atoms. The Morgan fingerprint density at radius 2 is 2.16 bits per heavy atom. The highest BCUT2D eigenvalue weighted by atomic mass is 79.9. The summed E-state index contributed by atoms with van der Waals surface area (Å²) in [7, 11) is -0.886. The maximum atomic E-state index is 12.5. The second-order valence-corrected chi connectivity index (χ2v) is 8.66. The third-order valence-electron chi connectivity index (χ3n) is 3.18. The molecular formula is C13H15BrClNO2S. The van der Waals surface area contributed by atoms with Crippen LogP contribution in [0.5, 0.6) is 0 Å². The number of rotatable bonds is 1. The summed E-state index contributed by atoms with van der Waals surface area (Å²) >= 11 is 9.31. The van der Waals surface area contributed by atoms with Gasteiger partial charge < -0.3 is 4.90 Å². The van der Waals surface area contributed by atoms with E-state index in [0.717, 1.165) is 4.47 Å². The summed E-state index contributed by atoms with van der Waals surface area (Å²) in [6.07, 6.45) is 0. The minimum atomic E-state index is -0.886. The van der Waals surface area contributed by atoms with E-state index in [0.29, 0.717) is 29.4 Å². The van der Waals surface area contributed by atoms with Gasteiger partial charge in [0.15, 0.2) is 0 Å². The normalized spacial score (nSPS) is 22.3. The fourth-order valence-electron chi connectivity index (χ4n) is 2.09. The number of hydrogen-bond acceptors (Lipinski definition) is 2. The van der Waals surface area contributed by atoms with Crippen LogP contribution in [-0.4, -0.2) is 38.6 Å². The molecule has 1 fully saturated rings. The van der Waals surface area contributed by atoms with Crippen molar-refractivity contribution in [3.05, 3.63) is 33.3 Å². The van der Waals surface area contributed by atoms with Crippen LogP contribution in [0.3, 0.4) is 0 Å². The van der Waals surface area contributed by atoms with E-state index >= 15 is 0 Å². The monoisotopic (exact) mass is 363 g/mol. The number of carbonyl (C=O) groups excluding carboxylic acids is 1. The smallest absolute Gasteiger partial charge is 0.255 e. The largest absolute Gasteiger partial charge is 0.336 e. The van der Waals surface area contributed by atoms with Gasteiger partial charge in [-0.3, -0.25) is 9.00 Å². The van der Waals surface area contributed by atoms with Gasteiger partial charge >= 0.3 is 0 Å². The van der Waals surface area contributed by atoms with Crippen LogP contribution in [0.4, 0.5) is 0 Å². The maximum Gasteiger partial charge on any atom is 0.255 e. The molecule has 0 N–H and O–H groups in total. The molecule has 6 heteroatoms. The van der Waals surface area contributed by atoms with Gasteiger partial charge in [-0.2, -0.15) is 0 Å². The molecule has 2 rings (SSSR count). The van der Waals surface area contributed by atoms with Crippen LogP contribution in [0.15, 0.2) is 22.7 Å². The standard InChI is InChI=1S/C13H15BrClNO2S/c1-13(2)8-16(5-6-19(13)18)12(17)10-7-9(15)3-4-11(10)14/h3-4,7H,5-6,8H2,1-2H3. The van der Waals surface area contributed by atoms with Gasteiger partial charge in [0.05, 0.1) is 10.3 Å². The maximum absolute atomic E-state index is 12.5. The molecule has 0 spiro atoms. The molecule has 1 aromatic rings. The van der Waals surface area contributed by atoms with Crippen molar-refractivity contribution in [3.63, 3.8) is 0 Å². The number of benzene rings is 1. The average Bonchev–Trinajstić information content (AvgIpc) is 2.35. The lowest BCUT2D eigenvalue weighted by Gasteiger charge is -2.37. The summed E-state index contributed by atoms with van der Waals surface area (Å²) in [5, 5.41) is 0.534. The summed E-state index contributed by atoms with van der Waals surface area (Å²) in [5.74, 6) is 0.454. The van der Waals surface area contributed by atoms with Gasteiger partial charge in [-0.25, -0.2) is 0 Å². The Hall–Kier alpha value is -0.390. The molecule has 1 saturated heterocycles. The first-order valence-corrected chi connectivity index (χ1v) is 8.43. The number of amides is 1. The van der Waals surface area contributed by atoms with Gasteiger partial charge in [-0.1, -0.05) is 11.6 Å². The lowest BCUT2D eigenvalue weighted by Crippen LogP contribution is -2.52.